The molecule has 0 spiro atoms. The lowest BCUT2D eigenvalue weighted by molar-refractivity contribution is -0.284. The van der Waals surface area contributed by atoms with Crippen molar-refractivity contribution < 1.29 is 24.2 Å². The molecule has 3 rings (SSSR count). The normalized spacial score (nSPS) is 38.0. The first-order chi connectivity index (χ1) is 12.5. The van der Waals surface area contributed by atoms with Gasteiger partial charge < -0.3 is 19.9 Å². The third kappa shape index (κ3) is 5.60. The zero-order valence-electron chi connectivity index (χ0n) is 15.4. The molecule has 1 amide bonds. The number of rotatable bonds is 1. The predicted octanol–water partition coefficient (Wildman–Crippen LogP) is 3.51. The molecule has 3 saturated heterocycles. The Balaban J connectivity index is 1.66. The van der Waals surface area contributed by atoms with E-state index in [-0.39, 0.29) is 29.8 Å². The number of thioether (sulfide) groups is 1. The number of esters is 1. The number of carbonyl (C=O) groups is 2. The third-order valence-electron chi connectivity index (χ3n) is 5.59. The summed E-state index contributed by atoms with van der Waals surface area (Å²) in [7, 11) is 0. The highest BCUT2D eigenvalue weighted by Crippen LogP contribution is 2.36. The molecule has 6 nitrogen and oxygen atoms in total. The molecule has 0 aromatic rings. The molecule has 3 unspecified atom stereocenters. The van der Waals surface area contributed by atoms with Gasteiger partial charge in [0.25, 0.3) is 5.24 Å². The number of aliphatic hydroxyl groups is 1. The van der Waals surface area contributed by atoms with Crippen LogP contribution in [0.15, 0.2) is 0 Å². The van der Waals surface area contributed by atoms with Gasteiger partial charge in [-0.3, -0.25) is 9.59 Å². The highest BCUT2D eigenvalue weighted by Gasteiger charge is 2.49. The summed E-state index contributed by atoms with van der Waals surface area (Å²) < 4.78 is 11.7. The van der Waals surface area contributed by atoms with Gasteiger partial charge >= 0.3 is 5.97 Å². The minimum Gasteiger partial charge on any atom is -0.462 e. The van der Waals surface area contributed by atoms with Crippen molar-refractivity contribution >= 4 is 23.0 Å². The van der Waals surface area contributed by atoms with E-state index in [0.717, 1.165) is 37.4 Å². The maximum absolute atomic E-state index is 12.2. The van der Waals surface area contributed by atoms with E-state index < -0.39 is 11.8 Å². The number of hydrogen-bond donors (Lipinski definition) is 2. The van der Waals surface area contributed by atoms with E-state index in [4.69, 9.17) is 9.47 Å². The van der Waals surface area contributed by atoms with E-state index >= 15 is 0 Å². The standard InChI is InChI=1S/C19H31NO5S/c21-17-10-8-6-4-2-1-3-5-7-9-14-11-15(24-17)12-19(23,25-14)16-13-26-18(22)20-16/h14-16,23H,1-13H2,(H,20,22)/t14-,15?,16?,19?/m1/s1. The summed E-state index contributed by atoms with van der Waals surface area (Å²) in [4.78, 5) is 23.7. The van der Waals surface area contributed by atoms with Crippen LogP contribution in [-0.4, -0.2) is 46.1 Å². The van der Waals surface area contributed by atoms with Gasteiger partial charge in [-0.2, -0.15) is 0 Å². The number of amides is 1. The van der Waals surface area contributed by atoms with Gasteiger partial charge in [-0.1, -0.05) is 56.7 Å². The van der Waals surface area contributed by atoms with Gasteiger partial charge in [-0.15, -0.1) is 0 Å². The predicted molar refractivity (Wildman–Crippen MR) is 99.9 cm³/mol. The van der Waals surface area contributed by atoms with Crippen molar-refractivity contribution in [1.29, 1.82) is 0 Å². The van der Waals surface area contributed by atoms with E-state index in [1.54, 1.807) is 0 Å². The zero-order valence-corrected chi connectivity index (χ0v) is 16.2. The average molecular weight is 386 g/mol. The Kier molecular flexibility index (Phi) is 7.23. The van der Waals surface area contributed by atoms with Crippen LogP contribution in [0.4, 0.5) is 4.79 Å². The number of hydrogen-bond acceptors (Lipinski definition) is 6. The number of nitrogens with one attached hydrogen (secondary N) is 1. The van der Waals surface area contributed by atoms with Crippen molar-refractivity contribution in [2.75, 3.05) is 5.75 Å². The number of carbonyl (C=O) groups excluding carboxylic acids is 2. The second-order valence-electron chi connectivity index (χ2n) is 7.80. The lowest BCUT2D eigenvalue weighted by atomic mass is 9.91. The Labute approximate surface area is 159 Å². The quantitative estimate of drug-likeness (QED) is 0.672. The first-order valence-corrected chi connectivity index (χ1v) is 11.1. The first-order valence-electron chi connectivity index (χ1n) is 10.1. The molecule has 3 heterocycles. The smallest absolute Gasteiger partial charge is 0.306 e. The topological polar surface area (TPSA) is 84.9 Å². The Morgan fingerprint density at radius 1 is 1.00 bits per heavy atom. The average Bonchev–Trinajstić information content (AvgIpc) is 3.02. The molecule has 2 N–H and O–H groups in total. The fraction of sp³-hybridized carbons (Fsp3) is 0.895. The van der Waals surface area contributed by atoms with E-state index in [9.17, 15) is 14.7 Å². The monoisotopic (exact) mass is 385 g/mol. The third-order valence-corrected chi connectivity index (χ3v) is 6.47. The zero-order chi connectivity index (χ0) is 18.4. The molecular weight excluding hydrogens is 354 g/mol. The van der Waals surface area contributed by atoms with Crippen molar-refractivity contribution in [2.45, 2.75) is 101 Å². The van der Waals surface area contributed by atoms with E-state index in [1.807, 2.05) is 0 Å². The van der Waals surface area contributed by atoms with Crippen LogP contribution in [-0.2, 0) is 14.3 Å². The second-order valence-corrected chi connectivity index (χ2v) is 8.79. The Hall–Kier alpha value is -0.790. The molecule has 0 saturated carbocycles. The molecule has 0 aromatic heterocycles. The molecule has 0 radical (unpaired) electrons. The van der Waals surface area contributed by atoms with E-state index in [2.05, 4.69) is 5.32 Å². The largest absolute Gasteiger partial charge is 0.462 e. The van der Waals surface area contributed by atoms with E-state index in [1.165, 1.54) is 32.1 Å². The van der Waals surface area contributed by atoms with Crippen molar-refractivity contribution in [2.24, 2.45) is 0 Å². The summed E-state index contributed by atoms with van der Waals surface area (Å²) in [6, 6.07) is -0.453. The van der Waals surface area contributed by atoms with Crippen LogP contribution in [0.2, 0.25) is 0 Å². The first kappa shape index (κ1) is 20.0. The van der Waals surface area contributed by atoms with Gasteiger partial charge in [0.05, 0.1) is 12.1 Å². The fourth-order valence-electron chi connectivity index (χ4n) is 4.15. The number of ether oxygens (including phenoxy) is 2. The van der Waals surface area contributed by atoms with Crippen LogP contribution in [0.1, 0.15) is 77.0 Å². The molecule has 0 aromatic carbocycles. The number of fused-ring (bicyclic) bond motifs is 2. The lowest BCUT2D eigenvalue weighted by Crippen LogP contribution is -2.58. The molecule has 0 aliphatic carbocycles. The van der Waals surface area contributed by atoms with Crippen molar-refractivity contribution in [3.8, 4) is 0 Å². The maximum atomic E-state index is 12.2. The van der Waals surface area contributed by atoms with Gasteiger partial charge in [-0.25, -0.2) is 0 Å². The summed E-state index contributed by atoms with van der Waals surface area (Å²) in [5.41, 5.74) is 0. The second kappa shape index (κ2) is 9.42. The van der Waals surface area contributed by atoms with Gasteiger partial charge in [0.15, 0.2) is 5.79 Å². The van der Waals surface area contributed by atoms with Crippen LogP contribution in [0, 0.1) is 0 Å². The minimum atomic E-state index is -1.46. The molecule has 3 aliphatic rings. The summed E-state index contributed by atoms with van der Waals surface area (Å²) in [6.07, 6.45) is 10.7. The molecule has 26 heavy (non-hydrogen) atoms. The summed E-state index contributed by atoms with van der Waals surface area (Å²) in [5, 5.41) is 13.7. The molecule has 2 bridgehead atoms. The van der Waals surface area contributed by atoms with Crippen LogP contribution in [0.25, 0.3) is 0 Å². The van der Waals surface area contributed by atoms with E-state index in [0.29, 0.717) is 18.6 Å². The van der Waals surface area contributed by atoms with Gasteiger partial charge in [0.1, 0.15) is 6.10 Å². The molecular formula is C19H31NO5S. The Bertz CT molecular complexity index is 502. The summed E-state index contributed by atoms with van der Waals surface area (Å²) in [6.45, 7) is 0. The van der Waals surface area contributed by atoms with Gasteiger partial charge in [0.2, 0.25) is 0 Å². The maximum Gasteiger partial charge on any atom is 0.306 e. The molecule has 3 fully saturated rings. The highest BCUT2D eigenvalue weighted by atomic mass is 32.2. The SMILES string of the molecule is O=C1CCCCCCCCCC[C@@H]2CC(CC(O)(C3CSC(=O)N3)O2)O1. The van der Waals surface area contributed by atoms with Crippen LogP contribution >= 0.6 is 11.8 Å². The molecule has 4 atom stereocenters. The van der Waals surface area contributed by atoms with Gasteiger partial charge in [0, 0.05) is 25.0 Å². The molecule has 148 valence electrons. The molecule has 3 aliphatic heterocycles. The fourth-order valence-corrected chi connectivity index (χ4v) is 5.04. The summed E-state index contributed by atoms with van der Waals surface area (Å²) in [5.74, 6) is -1.17. The van der Waals surface area contributed by atoms with Crippen molar-refractivity contribution in [1.82, 2.24) is 5.32 Å². The van der Waals surface area contributed by atoms with Crippen LogP contribution in [0.5, 0.6) is 0 Å². The van der Waals surface area contributed by atoms with Crippen molar-refractivity contribution in [3.05, 3.63) is 0 Å². The van der Waals surface area contributed by atoms with Gasteiger partial charge in [-0.05, 0) is 12.8 Å². The Morgan fingerprint density at radius 2 is 1.69 bits per heavy atom. The Morgan fingerprint density at radius 3 is 2.38 bits per heavy atom. The highest BCUT2D eigenvalue weighted by molar-refractivity contribution is 8.14. The van der Waals surface area contributed by atoms with Crippen LogP contribution in [0.3, 0.4) is 0 Å². The minimum absolute atomic E-state index is 0.138. The van der Waals surface area contributed by atoms with Crippen molar-refractivity contribution in [3.63, 3.8) is 0 Å². The summed E-state index contributed by atoms with van der Waals surface area (Å²) >= 11 is 1.16. The van der Waals surface area contributed by atoms with Crippen LogP contribution < -0.4 is 5.32 Å². The lowest BCUT2D eigenvalue weighted by Gasteiger charge is -2.43. The molecule has 7 heteroatoms.